The number of benzene rings is 4. The van der Waals surface area contributed by atoms with Crippen molar-refractivity contribution in [3.8, 4) is 0 Å². The predicted octanol–water partition coefficient (Wildman–Crippen LogP) is 8.25. The van der Waals surface area contributed by atoms with E-state index >= 15 is 0 Å². The zero-order chi connectivity index (χ0) is 22.8. The molecule has 3 nitrogen and oxygen atoms in total. The average molecular weight is 424 g/mol. The van der Waals surface area contributed by atoms with Crippen LogP contribution in [0.3, 0.4) is 0 Å². The van der Waals surface area contributed by atoms with Gasteiger partial charge in [-0.15, -0.1) is 0 Å². The lowest BCUT2D eigenvalue weighted by Gasteiger charge is -2.28. The molecule has 0 saturated carbocycles. The molecule has 3 heteroatoms. The van der Waals surface area contributed by atoms with Crippen LogP contribution in [0.5, 0.6) is 0 Å². The highest BCUT2D eigenvalue weighted by Gasteiger charge is 2.18. The van der Waals surface area contributed by atoms with E-state index < -0.39 is 5.97 Å². The molecule has 1 N–H and O–H groups in total. The maximum absolute atomic E-state index is 11.4. The lowest BCUT2D eigenvalue weighted by Crippen LogP contribution is -2.11. The van der Waals surface area contributed by atoms with Crippen molar-refractivity contribution in [2.75, 3.05) is 4.90 Å². The summed E-state index contributed by atoms with van der Waals surface area (Å²) in [5.41, 5.74) is 5.93. The number of hydrogen-bond acceptors (Lipinski definition) is 2. The van der Waals surface area contributed by atoms with Gasteiger partial charge in [-0.25, -0.2) is 4.79 Å². The quantitative estimate of drug-likeness (QED) is 0.339. The third-order valence-electron chi connectivity index (χ3n) is 5.99. The molecule has 0 heterocycles. The topological polar surface area (TPSA) is 40.5 Å². The van der Waals surface area contributed by atoms with Gasteiger partial charge in [0.1, 0.15) is 0 Å². The summed E-state index contributed by atoms with van der Waals surface area (Å²) in [7, 11) is 0. The highest BCUT2D eigenvalue weighted by atomic mass is 16.4. The molecular formula is C29H29NO2. The minimum atomic E-state index is -0.920. The van der Waals surface area contributed by atoms with Gasteiger partial charge >= 0.3 is 5.97 Å². The third kappa shape index (κ3) is 4.11. The number of carboxylic acid groups (broad SMARTS) is 1. The zero-order valence-corrected chi connectivity index (χ0v) is 19.0. The van der Waals surface area contributed by atoms with Gasteiger partial charge in [-0.05, 0) is 70.8 Å². The van der Waals surface area contributed by atoms with Crippen molar-refractivity contribution in [3.63, 3.8) is 0 Å². The number of aromatic carboxylic acids is 1. The number of carbonyl (C=O) groups is 1. The molecule has 0 aromatic heterocycles. The van der Waals surface area contributed by atoms with Crippen molar-refractivity contribution in [2.45, 2.75) is 39.5 Å². The largest absolute Gasteiger partial charge is 0.478 e. The van der Waals surface area contributed by atoms with Crippen LogP contribution in [0.15, 0.2) is 84.9 Å². The fraction of sp³-hybridized carbons (Fsp3) is 0.207. The summed E-state index contributed by atoms with van der Waals surface area (Å²) in [6, 6.07) is 28.6. The molecule has 32 heavy (non-hydrogen) atoms. The molecule has 0 amide bonds. The molecule has 0 aliphatic rings. The van der Waals surface area contributed by atoms with E-state index in [1.165, 1.54) is 21.9 Å². The number of fused-ring (bicyclic) bond motifs is 1. The molecule has 0 aliphatic heterocycles. The normalized spacial score (nSPS) is 11.3. The van der Waals surface area contributed by atoms with E-state index in [1.54, 1.807) is 12.1 Å². The molecular weight excluding hydrogens is 394 g/mol. The fourth-order valence-corrected chi connectivity index (χ4v) is 4.19. The Hall–Kier alpha value is -3.59. The van der Waals surface area contributed by atoms with Crippen molar-refractivity contribution >= 4 is 33.8 Å². The Balaban J connectivity index is 1.94. The molecule has 0 spiro atoms. The second kappa shape index (κ2) is 8.88. The minimum absolute atomic E-state index is 0.281. The molecule has 4 rings (SSSR count). The van der Waals surface area contributed by atoms with E-state index in [0.29, 0.717) is 11.8 Å². The number of rotatable bonds is 6. The first-order valence-electron chi connectivity index (χ1n) is 11.1. The van der Waals surface area contributed by atoms with Crippen molar-refractivity contribution < 1.29 is 9.90 Å². The summed E-state index contributed by atoms with van der Waals surface area (Å²) in [5.74, 6) is -0.0443. The van der Waals surface area contributed by atoms with E-state index in [2.05, 4.69) is 93.3 Å². The van der Waals surface area contributed by atoms with Gasteiger partial charge in [0.25, 0.3) is 0 Å². The molecule has 0 saturated heterocycles. The summed E-state index contributed by atoms with van der Waals surface area (Å²) in [4.78, 5) is 13.6. The Morgan fingerprint density at radius 3 is 1.78 bits per heavy atom. The standard InChI is InChI=1S/C29H29NO2/c1-19(2)21-9-13-23(14-10-21)30(24-15-11-22(12-16-24)29(31)32)28-18-17-25(20(3)4)26-7-5-6-8-27(26)28/h5-20H,1-4H3,(H,31,32). The highest BCUT2D eigenvalue weighted by Crippen LogP contribution is 2.41. The van der Waals surface area contributed by atoms with Gasteiger partial charge in [0, 0.05) is 16.8 Å². The fourth-order valence-electron chi connectivity index (χ4n) is 4.19. The van der Waals surface area contributed by atoms with Crippen LogP contribution in [0, 0.1) is 0 Å². The first-order valence-corrected chi connectivity index (χ1v) is 11.1. The van der Waals surface area contributed by atoms with Gasteiger partial charge in [0.05, 0.1) is 11.3 Å². The first kappa shape index (κ1) is 21.6. The van der Waals surface area contributed by atoms with Crippen LogP contribution in [-0.4, -0.2) is 11.1 Å². The lowest BCUT2D eigenvalue weighted by atomic mass is 9.94. The molecule has 0 fully saturated rings. The monoisotopic (exact) mass is 423 g/mol. The molecule has 0 unspecified atom stereocenters. The van der Waals surface area contributed by atoms with Crippen LogP contribution in [0.1, 0.15) is 61.0 Å². The van der Waals surface area contributed by atoms with E-state index in [4.69, 9.17) is 0 Å². The Bertz CT molecular complexity index is 1240. The zero-order valence-electron chi connectivity index (χ0n) is 19.0. The minimum Gasteiger partial charge on any atom is -0.478 e. The van der Waals surface area contributed by atoms with E-state index in [9.17, 15) is 9.90 Å². The maximum atomic E-state index is 11.4. The number of carboxylic acids is 1. The summed E-state index contributed by atoms with van der Waals surface area (Å²) < 4.78 is 0. The number of anilines is 3. The molecule has 0 bridgehead atoms. The highest BCUT2D eigenvalue weighted by molar-refractivity contribution is 6.01. The van der Waals surface area contributed by atoms with Crippen LogP contribution in [0.4, 0.5) is 17.1 Å². The lowest BCUT2D eigenvalue weighted by molar-refractivity contribution is 0.0697. The van der Waals surface area contributed by atoms with E-state index in [1.807, 2.05) is 12.1 Å². The summed E-state index contributed by atoms with van der Waals surface area (Å²) in [5, 5.41) is 11.8. The Morgan fingerprint density at radius 1 is 0.688 bits per heavy atom. The van der Waals surface area contributed by atoms with Gasteiger partial charge in [-0.3, -0.25) is 0 Å². The molecule has 0 radical (unpaired) electrons. The molecule has 162 valence electrons. The van der Waals surface area contributed by atoms with Crippen LogP contribution in [0.25, 0.3) is 10.8 Å². The number of hydrogen-bond donors (Lipinski definition) is 1. The third-order valence-corrected chi connectivity index (χ3v) is 5.99. The summed E-state index contributed by atoms with van der Waals surface area (Å²) >= 11 is 0. The Labute approximate surface area is 189 Å². The molecule has 0 aliphatic carbocycles. The van der Waals surface area contributed by atoms with Crippen molar-refractivity contribution in [1.82, 2.24) is 0 Å². The SMILES string of the molecule is CC(C)c1ccc(N(c2ccc(C(=O)O)cc2)c2ccc(C(C)C)c3ccccc23)cc1. The summed E-state index contributed by atoms with van der Waals surface area (Å²) in [6.45, 7) is 8.81. The molecule has 4 aromatic rings. The van der Waals surface area contributed by atoms with Crippen LogP contribution >= 0.6 is 0 Å². The van der Waals surface area contributed by atoms with Gasteiger partial charge in [-0.1, -0.05) is 70.2 Å². The van der Waals surface area contributed by atoms with Gasteiger partial charge in [0.15, 0.2) is 0 Å². The predicted molar refractivity (Wildman–Crippen MR) is 134 cm³/mol. The smallest absolute Gasteiger partial charge is 0.335 e. The van der Waals surface area contributed by atoms with Crippen molar-refractivity contribution in [2.24, 2.45) is 0 Å². The van der Waals surface area contributed by atoms with Crippen LogP contribution in [0.2, 0.25) is 0 Å². The summed E-state index contributed by atoms with van der Waals surface area (Å²) in [6.07, 6.45) is 0. The second-order valence-corrected chi connectivity index (χ2v) is 8.81. The van der Waals surface area contributed by atoms with Crippen LogP contribution in [-0.2, 0) is 0 Å². The van der Waals surface area contributed by atoms with Crippen molar-refractivity contribution in [1.29, 1.82) is 0 Å². The Morgan fingerprint density at radius 2 is 1.25 bits per heavy atom. The maximum Gasteiger partial charge on any atom is 0.335 e. The van der Waals surface area contributed by atoms with Gasteiger partial charge < -0.3 is 10.0 Å². The van der Waals surface area contributed by atoms with E-state index in [-0.39, 0.29) is 5.56 Å². The van der Waals surface area contributed by atoms with E-state index in [0.717, 1.165) is 17.1 Å². The van der Waals surface area contributed by atoms with Crippen LogP contribution < -0.4 is 4.90 Å². The number of nitrogens with zero attached hydrogens (tertiary/aromatic N) is 1. The van der Waals surface area contributed by atoms with Gasteiger partial charge in [0.2, 0.25) is 0 Å². The molecule has 4 aromatic carbocycles. The first-order chi connectivity index (χ1) is 15.4. The molecule has 0 atom stereocenters. The second-order valence-electron chi connectivity index (χ2n) is 8.81. The van der Waals surface area contributed by atoms with Gasteiger partial charge in [-0.2, -0.15) is 0 Å². The Kier molecular flexibility index (Phi) is 6.00. The van der Waals surface area contributed by atoms with Crippen molar-refractivity contribution in [3.05, 3.63) is 102 Å². The average Bonchev–Trinajstić information content (AvgIpc) is 2.80.